The largest absolute Gasteiger partial charge is 0.383 e. The quantitative estimate of drug-likeness (QED) is 0.845. The van der Waals surface area contributed by atoms with Crippen molar-refractivity contribution in [2.45, 2.75) is 25.2 Å². The Morgan fingerprint density at radius 2 is 1.85 bits per heavy atom. The summed E-state index contributed by atoms with van der Waals surface area (Å²) in [5, 5.41) is 0. The average molecular weight is 352 g/mol. The normalized spacial score (nSPS) is 18.5. The Labute approximate surface area is 153 Å². The zero-order valence-corrected chi connectivity index (χ0v) is 15.3. The van der Waals surface area contributed by atoms with Crippen LogP contribution < -0.4 is 9.80 Å². The number of aromatic nitrogens is 2. The molecule has 0 aliphatic carbocycles. The summed E-state index contributed by atoms with van der Waals surface area (Å²) < 4.78 is 5.21. The second-order valence-corrected chi connectivity index (χ2v) is 7.10. The van der Waals surface area contributed by atoms with Gasteiger partial charge in [-0.1, -0.05) is 18.2 Å². The summed E-state index contributed by atoms with van der Waals surface area (Å²) in [6.45, 7) is 4.68. The number of amides is 1. The van der Waals surface area contributed by atoms with Gasteiger partial charge in [0.15, 0.2) is 0 Å². The maximum Gasteiger partial charge on any atom is 0.237 e. The van der Waals surface area contributed by atoms with Gasteiger partial charge in [-0.3, -0.25) is 4.79 Å². The van der Waals surface area contributed by atoms with Crippen LogP contribution in [0.3, 0.4) is 0 Å². The van der Waals surface area contributed by atoms with Gasteiger partial charge in [-0.15, -0.1) is 0 Å². The van der Waals surface area contributed by atoms with E-state index in [2.05, 4.69) is 20.9 Å². The molecule has 2 aliphatic rings. The summed E-state index contributed by atoms with van der Waals surface area (Å²) in [6, 6.07) is 8.19. The standard InChI is InChI=1S/C20H24N4O2/c1-15-13-21-19(22-14-15)23-9-7-20(8-10-23)16-5-3-4-6-17(16)24(18(20)25)11-12-26-2/h3-6,13-14H,7-12H2,1-2H3. The molecule has 1 aromatic heterocycles. The fourth-order valence-corrected chi connectivity index (χ4v) is 4.12. The van der Waals surface area contributed by atoms with Crippen molar-refractivity contribution in [3.63, 3.8) is 0 Å². The van der Waals surface area contributed by atoms with E-state index < -0.39 is 5.41 Å². The maximum atomic E-state index is 13.4. The summed E-state index contributed by atoms with van der Waals surface area (Å²) in [7, 11) is 1.67. The van der Waals surface area contributed by atoms with Gasteiger partial charge in [0.2, 0.25) is 11.9 Å². The predicted molar refractivity (Wildman–Crippen MR) is 101 cm³/mol. The molecular formula is C20H24N4O2. The van der Waals surface area contributed by atoms with Gasteiger partial charge in [0.05, 0.1) is 12.0 Å². The van der Waals surface area contributed by atoms with Crippen LogP contribution in [0.2, 0.25) is 0 Å². The van der Waals surface area contributed by atoms with E-state index in [1.165, 1.54) is 0 Å². The van der Waals surface area contributed by atoms with Crippen molar-refractivity contribution in [1.29, 1.82) is 0 Å². The van der Waals surface area contributed by atoms with E-state index in [0.717, 1.165) is 48.7 Å². The number of fused-ring (bicyclic) bond motifs is 2. The molecular weight excluding hydrogens is 328 g/mol. The molecule has 0 N–H and O–H groups in total. The Balaban J connectivity index is 1.59. The number of aryl methyl sites for hydroxylation is 1. The van der Waals surface area contributed by atoms with Gasteiger partial charge in [0.25, 0.3) is 0 Å². The molecule has 6 nitrogen and oxygen atoms in total. The number of benzene rings is 1. The Bertz CT molecular complexity index is 798. The molecule has 0 radical (unpaired) electrons. The Hall–Kier alpha value is -2.47. The van der Waals surface area contributed by atoms with Crippen molar-refractivity contribution in [2.75, 3.05) is 43.2 Å². The zero-order valence-electron chi connectivity index (χ0n) is 15.3. The van der Waals surface area contributed by atoms with Crippen LogP contribution >= 0.6 is 0 Å². The molecule has 4 rings (SSSR count). The van der Waals surface area contributed by atoms with Crippen LogP contribution in [0.1, 0.15) is 24.0 Å². The molecule has 26 heavy (non-hydrogen) atoms. The van der Waals surface area contributed by atoms with Crippen LogP contribution in [-0.2, 0) is 14.9 Å². The first-order chi connectivity index (χ1) is 12.7. The molecule has 0 saturated carbocycles. The van der Waals surface area contributed by atoms with E-state index in [4.69, 9.17) is 4.74 Å². The van der Waals surface area contributed by atoms with Crippen molar-refractivity contribution < 1.29 is 9.53 Å². The monoisotopic (exact) mass is 352 g/mol. The lowest BCUT2D eigenvalue weighted by Crippen LogP contribution is -2.49. The number of methoxy groups -OCH3 is 1. The summed E-state index contributed by atoms with van der Waals surface area (Å²) in [6.07, 6.45) is 5.25. The minimum absolute atomic E-state index is 0.209. The van der Waals surface area contributed by atoms with Gasteiger partial charge < -0.3 is 14.5 Å². The highest BCUT2D eigenvalue weighted by atomic mass is 16.5. The summed E-state index contributed by atoms with van der Waals surface area (Å²) in [5.74, 6) is 0.959. The van der Waals surface area contributed by atoms with Crippen molar-refractivity contribution in [1.82, 2.24) is 9.97 Å². The van der Waals surface area contributed by atoms with Gasteiger partial charge in [0.1, 0.15) is 0 Å². The molecule has 1 fully saturated rings. The van der Waals surface area contributed by atoms with Crippen molar-refractivity contribution in [3.8, 4) is 0 Å². The summed E-state index contributed by atoms with van der Waals surface area (Å²) in [4.78, 5) is 26.3. The highest BCUT2D eigenvalue weighted by molar-refractivity contribution is 6.08. The summed E-state index contributed by atoms with van der Waals surface area (Å²) in [5.41, 5.74) is 2.82. The lowest BCUT2D eigenvalue weighted by molar-refractivity contribution is -0.124. The molecule has 0 bridgehead atoms. The lowest BCUT2D eigenvalue weighted by Gasteiger charge is -2.38. The minimum Gasteiger partial charge on any atom is -0.383 e. The van der Waals surface area contributed by atoms with Crippen LogP contribution in [0.4, 0.5) is 11.6 Å². The number of hydrogen-bond acceptors (Lipinski definition) is 5. The molecule has 2 aliphatic heterocycles. The van der Waals surface area contributed by atoms with E-state index in [-0.39, 0.29) is 5.91 Å². The third-order valence-corrected chi connectivity index (χ3v) is 5.55. The van der Waals surface area contributed by atoms with E-state index >= 15 is 0 Å². The fraction of sp³-hybridized carbons (Fsp3) is 0.450. The third kappa shape index (κ3) is 2.65. The second-order valence-electron chi connectivity index (χ2n) is 7.10. The number of carbonyl (C=O) groups is 1. The zero-order chi connectivity index (χ0) is 18.1. The average Bonchev–Trinajstić information content (AvgIpc) is 2.90. The molecule has 3 heterocycles. The van der Waals surface area contributed by atoms with Crippen LogP contribution in [-0.4, -0.2) is 49.2 Å². The van der Waals surface area contributed by atoms with Crippen LogP contribution in [0.25, 0.3) is 0 Å². The van der Waals surface area contributed by atoms with Gasteiger partial charge in [-0.05, 0) is 37.0 Å². The van der Waals surface area contributed by atoms with Crippen LogP contribution in [0.5, 0.6) is 0 Å². The van der Waals surface area contributed by atoms with E-state index in [9.17, 15) is 4.79 Å². The Morgan fingerprint density at radius 3 is 2.54 bits per heavy atom. The topological polar surface area (TPSA) is 58.6 Å². The molecule has 0 atom stereocenters. The first kappa shape index (κ1) is 17.0. The smallest absolute Gasteiger partial charge is 0.237 e. The maximum absolute atomic E-state index is 13.4. The number of piperidine rings is 1. The number of anilines is 2. The first-order valence-corrected chi connectivity index (χ1v) is 9.10. The van der Waals surface area contributed by atoms with Crippen molar-refractivity contribution >= 4 is 17.5 Å². The number of para-hydroxylation sites is 1. The number of nitrogens with zero attached hydrogens (tertiary/aromatic N) is 4. The number of hydrogen-bond donors (Lipinski definition) is 0. The highest BCUT2D eigenvalue weighted by Gasteiger charge is 2.51. The molecule has 136 valence electrons. The van der Waals surface area contributed by atoms with Gasteiger partial charge in [-0.2, -0.15) is 0 Å². The molecule has 1 aromatic carbocycles. The van der Waals surface area contributed by atoms with Crippen molar-refractivity contribution in [3.05, 3.63) is 47.8 Å². The van der Waals surface area contributed by atoms with Crippen molar-refractivity contribution in [2.24, 2.45) is 0 Å². The first-order valence-electron chi connectivity index (χ1n) is 9.10. The third-order valence-electron chi connectivity index (χ3n) is 5.55. The SMILES string of the molecule is COCCN1C(=O)C2(CCN(c3ncc(C)cn3)CC2)c2ccccc21. The van der Waals surface area contributed by atoms with E-state index in [1.54, 1.807) is 7.11 Å². The lowest BCUT2D eigenvalue weighted by atomic mass is 9.73. The highest BCUT2D eigenvalue weighted by Crippen LogP contribution is 2.47. The second kappa shape index (κ2) is 6.68. The van der Waals surface area contributed by atoms with E-state index in [1.807, 2.05) is 42.4 Å². The molecule has 1 saturated heterocycles. The minimum atomic E-state index is -0.425. The van der Waals surface area contributed by atoms with Gasteiger partial charge in [0, 0.05) is 44.8 Å². The summed E-state index contributed by atoms with van der Waals surface area (Å²) >= 11 is 0. The number of ether oxygens (including phenoxy) is 1. The molecule has 1 spiro atoms. The Kier molecular flexibility index (Phi) is 4.36. The fourth-order valence-electron chi connectivity index (χ4n) is 4.12. The van der Waals surface area contributed by atoms with Crippen LogP contribution in [0, 0.1) is 6.92 Å². The molecule has 1 amide bonds. The van der Waals surface area contributed by atoms with Crippen LogP contribution in [0.15, 0.2) is 36.7 Å². The Morgan fingerprint density at radius 1 is 1.15 bits per heavy atom. The number of carbonyl (C=O) groups excluding carboxylic acids is 1. The number of rotatable bonds is 4. The van der Waals surface area contributed by atoms with Gasteiger partial charge >= 0.3 is 0 Å². The van der Waals surface area contributed by atoms with E-state index in [0.29, 0.717) is 13.2 Å². The molecule has 6 heteroatoms. The predicted octanol–water partition coefficient (Wildman–Crippen LogP) is 2.32. The molecule has 2 aromatic rings. The van der Waals surface area contributed by atoms with Gasteiger partial charge in [-0.25, -0.2) is 9.97 Å². The molecule has 0 unspecified atom stereocenters.